The molecule has 0 aromatic heterocycles. The Kier molecular flexibility index (Phi) is 2.86. The molecule has 0 radical (unpaired) electrons. The molecule has 0 spiro atoms. The molecule has 0 heterocycles. The van der Waals surface area contributed by atoms with E-state index in [0.29, 0.717) is 16.9 Å². The fourth-order valence-corrected chi connectivity index (χ4v) is 1.95. The highest BCUT2D eigenvalue weighted by atomic mass is 16.5. The summed E-state index contributed by atoms with van der Waals surface area (Å²) in [5.41, 5.74) is 0.788. The molecule has 4 N–H and O–H groups in total. The number of aliphatic hydroxyl groups is 4. The Bertz CT molecular complexity index is 392. The van der Waals surface area contributed by atoms with Gasteiger partial charge in [-0.25, -0.2) is 0 Å². The number of hydrogen-bond acceptors (Lipinski definition) is 5. The van der Waals surface area contributed by atoms with E-state index in [0.717, 1.165) is 0 Å². The summed E-state index contributed by atoms with van der Waals surface area (Å²) in [4.78, 5) is 0. The van der Waals surface area contributed by atoms with Crippen LogP contribution in [0.1, 0.15) is 23.3 Å². The summed E-state index contributed by atoms with van der Waals surface area (Å²) >= 11 is 0. The maximum Gasteiger partial charge on any atom is 0.119 e. The smallest absolute Gasteiger partial charge is 0.119 e. The third-order valence-electron chi connectivity index (χ3n) is 2.93. The average molecular weight is 226 g/mol. The Balaban J connectivity index is 2.50. The van der Waals surface area contributed by atoms with E-state index in [4.69, 9.17) is 4.74 Å². The van der Waals surface area contributed by atoms with Crippen molar-refractivity contribution in [1.29, 1.82) is 0 Å². The molecule has 16 heavy (non-hydrogen) atoms. The lowest BCUT2D eigenvalue weighted by atomic mass is 9.83. The molecule has 1 aliphatic rings. The van der Waals surface area contributed by atoms with Gasteiger partial charge >= 0.3 is 0 Å². The molecule has 0 aliphatic heterocycles. The first-order chi connectivity index (χ1) is 7.56. The molecule has 0 unspecified atom stereocenters. The van der Waals surface area contributed by atoms with Crippen LogP contribution in [0.15, 0.2) is 18.2 Å². The minimum absolute atomic E-state index is 0.379. The molecule has 1 aliphatic carbocycles. The van der Waals surface area contributed by atoms with Crippen LogP contribution in [-0.2, 0) is 0 Å². The van der Waals surface area contributed by atoms with Crippen molar-refractivity contribution in [2.24, 2.45) is 0 Å². The first kappa shape index (κ1) is 11.3. The van der Waals surface area contributed by atoms with Gasteiger partial charge in [0.15, 0.2) is 0 Å². The zero-order chi connectivity index (χ0) is 11.9. The van der Waals surface area contributed by atoms with Crippen molar-refractivity contribution in [2.75, 3.05) is 7.11 Å². The number of benzene rings is 1. The second-order valence-corrected chi connectivity index (χ2v) is 3.87. The van der Waals surface area contributed by atoms with Crippen molar-refractivity contribution >= 4 is 0 Å². The van der Waals surface area contributed by atoms with E-state index in [1.165, 1.54) is 7.11 Å². The van der Waals surface area contributed by atoms with Gasteiger partial charge in [-0.3, -0.25) is 0 Å². The summed E-state index contributed by atoms with van der Waals surface area (Å²) in [7, 11) is 1.48. The maximum atomic E-state index is 9.76. The molecule has 5 heteroatoms. The van der Waals surface area contributed by atoms with Crippen molar-refractivity contribution in [3.05, 3.63) is 29.3 Å². The van der Waals surface area contributed by atoms with E-state index in [1.54, 1.807) is 18.2 Å². The van der Waals surface area contributed by atoms with Crippen molar-refractivity contribution in [3.8, 4) is 5.75 Å². The molecule has 0 amide bonds. The maximum absolute atomic E-state index is 9.76. The van der Waals surface area contributed by atoms with E-state index < -0.39 is 24.4 Å². The number of rotatable bonds is 1. The second-order valence-electron chi connectivity index (χ2n) is 3.87. The van der Waals surface area contributed by atoms with Crippen molar-refractivity contribution in [3.63, 3.8) is 0 Å². The summed E-state index contributed by atoms with van der Waals surface area (Å²) in [6.07, 6.45) is -5.19. The SMILES string of the molecule is COc1ccc2c(c1)[C@@H](O)[C@@H](O)[C@H](O)[C@@H]2O. The molecule has 0 saturated heterocycles. The lowest BCUT2D eigenvalue weighted by Crippen LogP contribution is -2.41. The number of ether oxygens (including phenoxy) is 1. The van der Waals surface area contributed by atoms with Crippen LogP contribution in [0.5, 0.6) is 5.75 Å². The van der Waals surface area contributed by atoms with E-state index >= 15 is 0 Å². The topological polar surface area (TPSA) is 90.2 Å². The predicted molar refractivity (Wildman–Crippen MR) is 54.9 cm³/mol. The van der Waals surface area contributed by atoms with E-state index in [1.807, 2.05) is 0 Å². The van der Waals surface area contributed by atoms with Gasteiger partial charge in [-0.2, -0.15) is 0 Å². The summed E-state index contributed by atoms with van der Waals surface area (Å²) in [5, 5.41) is 38.5. The van der Waals surface area contributed by atoms with E-state index in [9.17, 15) is 20.4 Å². The first-order valence-corrected chi connectivity index (χ1v) is 4.96. The molecule has 2 rings (SSSR count). The molecule has 4 atom stereocenters. The van der Waals surface area contributed by atoms with Crippen LogP contribution >= 0.6 is 0 Å². The third-order valence-corrected chi connectivity index (χ3v) is 2.93. The van der Waals surface area contributed by atoms with Crippen LogP contribution in [0.3, 0.4) is 0 Å². The largest absolute Gasteiger partial charge is 0.497 e. The fraction of sp³-hybridized carbons (Fsp3) is 0.455. The van der Waals surface area contributed by atoms with Crippen LogP contribution in [0.25, 0.3) is 0 Å². The van der Waals surface area contributed by atoms with Crippen LogP contribution < -0.4 is 4.74 Å². The number of aliphatic hydroxyl groups excluding tert-OH is 4. The number of fused-ring (bicyclic) bond motifs is 1. The zero-order valence-electron chi connectivity index (χ0n) is 8.74. The minimum atomic E-state index is -1.39. The van der Waals surface area contributed by atoms with Crippen molar-refractivity contribution in [2.45, 2.75) is 24.4 Å². The van der Waals surface area contributed by atoms with Crippen LogP contribution in [0.4, 0.5) is 0 Å². The van der Waals surface area contributed by atoms with Gasteiger partial charge in [0.2, 0.25) is 0 Å². The Morgan fingerprint density at radius 3 is 2.06 bits per heavy atom. The quantitative estimate of drug-likeness (QED) is 0.518. The Morgan fingerprint density at radius 2 is 1.50 bits per heavy atom. The number of methoxy groups -OCH3 is 1. The van der Waals surface area contributed by atoms with Gasteiger partial charge < -0.3 is 25.2 Å². The Morgan fingerprint density at radius 1 is 0.938 bits per heavy atom. The van der Waals surface area contributed by atoms with Crippen molar-refractivity contribution in [1.82, 2.24) is 0 Å². The molecule has 0 fully saturated rings. The van der Waals surface area contributed by atoms with Gasteiger partial charge in [-0.1, -0.05) is 6.07 Å². The summed E-state index contributed by atoms with van der Waals surface area (Å²) in [6, 6.07) is 4.73. The van der Waals surface area contributed by atoms with E-state index in [-0.39, 0.29) is 0 Å². The predicted octanol–water partition coefficient (Wildman–Crippen LogP) is -0.503. The lowest BCUT2D eigenvalue weighted by molar-refractivity contribution is -0.120. The standard InChI is InChI=1S/C11H14O5/c1-16-5-2-3-6-7(4-5)9(13)11(15)10(14)8(6)12/h2-4,8-15H,1H3/t8-,9-,10-,11-/m1/s1. The highest BCUT2D eigenvalue weighted by molar-refractivity contribution is 5.41. The Labute approximate surface area is 92.5 Å². The van der Waals surface area contributed by atoms with Crippen LogP contribution in [0, 0.1) is 0 Å². The van der Waals surface area contributed by atoms with Gasteiger partial charge in [-0.05, 0) is 23.3 Å². The Hall–Kier alpha value is -1.14. The molecule has 0 saturated carbocycles. The second kappa shape index (κ2) is 4.03. The summed E-state index contributed by atoms with van der Waals surface area (Å²) in [6.45, 7) is 0. The van der Waals surface area contributed by atoms with Gasteiger partial charge in [0.1, 0.15) is 30.2 Å². The van der Waals surface area contributed by atoms with Gasteiger partial charge in [0.05, 0.1) is 7.11 Å². The molecule has 88 valence electrons. The fourth-order valence-electron chi connectivity index (χ4n) is 1.95. The molecular formula is C11H14O5. The molecule has 5 nitrogen and oxygen atoms in total. The third kappa shape index (κ3) is 1.58. The van der Waals surface area contributed by atoms with Crippen LogP contribution in [0.2, 0.25) is 0 Å². The minimum Gasteiger partial charge on any atom is -0.497 e. The summed E-state index contributed by atoms with van der Waals surface area (Å²) < 4.78 is 4.99. The average Bonchev–Trinajstić information content (AvgIpc) is 2.33. The molecular weight excluding hydrogens is 212 g/mol. The first-order valence-electron chi connectivity index (χ1n) is 4.96. The highest BCUT2D eigenvalue weighted by Crippen LogP contribution is 2.38. The normalized spacial score (nSPS) is 33.3. The highest BCUT2D eigenvalue weighted by Gasteiger charge is 2.39. The van der Waals surface area contributed by atoms with Gasteiger partial charge in [0.25, 0.3) is 0 Å². The molecule has 1 aromatic carbocycles. The number of hydrogen-bond donors (Lipinski definition) is 4. The van der Waals surface area contributed by atoms with Crippen molar-refractivity contribution < 1.29 is 25.2 Å². The molecule has 0 bridgehead atoms. The zero-order valence-corrected chi connectivity index (χ0v) is 8.74. The summed E-state index contributed by atoms with van der Waals surface area (Å²) in [5.74, 6) is 0.522. The monoisotopic (exact) mass is 226 g/mol. The van der Waals surface area contributed by atoms with E-state index in [2.05, 4.69) is 0 Å². The van der Waals surface area contributed by atoms with Crippen LogP contribution in [-0.4, -0.2) is 39.7 Å². The lowest BCUT2D eigenvalue weighted by Gasteiger charge is -2.34. The van der Waals surface area contributed by atoms with Gasteiger partial charge in [-0.15, -0.1) is 0 Å². The molecule has 1 aromatic rings. The van der Waals surface area contributed by atoms with Gasteiger partial charge in [0, 0.05) is 0 Å².